The van der Waals surface area contributed by atoms with E-state index in [2.05, 4.69) is 10.6 Å². The van der Waals surface area contributed by atoms with Gasteiger partial charge in [-0.3, -0.25) is 20.2 Å². The van der Waals surface area contributed by atoms with Crippen LogP contribution in [0.3, 0.4) is 0 Å². The predicted molar refractivity (Wildman–Crippen MR) is 90.2 cm³/mol. The van der Waals surface area contributed by atoms with E-state index in [9.17, 15) is 14.9 Å². The lowest BCUT2D eigenvalue weighted by Crippen LogP contribution is -2.53. The molecule has 0 unspecified atom stereocenters. The van der Waals surface area contributed by atoms with E-state index < -0.39 is 20.8 Å². The Labute approximate surface area is 152 Å². The van der Waals surface area contributed by atoms with E-state index in [-0.39, 0.29) is 17.8 Å². The van der Waals surface area contributed by atoms with Gasteiger partial charge in [0.2, 0.25) is 3.79 Å². The Balaban J connectivity index is 2.04. The molecule has 0 aliphatic carbocycles. The Morgan fingerprint density at radius 1 is 1.25 bits per heavy atom. The fraction of sp³-hybridized carbons (Fsp3) is 0.214. The van der Waals surface area contributed by atoms with Gasteiger partial charge in [-0.15, -0.1) is 0 Å². The highest BCUT2D eigenvalue weighted by Gasteiger charge is 2.34. The van der Waals surface area contributed by atoms with E-state index >= 15 is 0 Å². The van der Waals surface area contributed by atoms with Gasteiger partial charge in [-0.1, -0.05) is 34.8 Å². The van der Waals surface area contributed by atoms with E-state index in [1.54, 1.807) is 12.1 Å². The molecule has 0 fully saturated rings. The fourth-order valence-electron chi connectivity index (χ4n) is 1.81. The minimum absolute atomic E-state index is 0.125. The molecule has 1 aromatic carbocycles. The number of carbonyl (C=O) groups is 1. The Bertz CT molecular complexity index is 699. The average Bonchev–Trinajstić information content (AvgIpc) is 3.03. The molecule has 0 saturated heterocycles. The van der Waals surface area contributed by atoms with E-state index in [1.165, 1.54) is 30.5 Å². The minimum Gasteiger partial charge on any atom is -0.468 e. The van der Waals surface area contributed by atoms with Gasteiger partial charge in [0.1, 0.15) is 11.9 Å². The Morgan fingerprint density at radius 3 is 2.42 bits per heavy atom. The standard InChI is InChI=1S/C14H12Cl3N3O4/c15-14(16,17)13(18-8-11-2-1-7-24-11)19-12(21)9-3-5-10(6-4-9)20(22)23/h1-7,13,18H,8H2,(H,19,21)/t13-/m1/s1. The zero-order valence-electron chi connectivity index (χ0n) is 12.0. The zero-order chi connectivity index (χ0) is 17.7. The molecule has 0 spiro atoms. The van der Waals surface area contributed by atoms with Gasteiger partial charge in [-0.25, -0.2) is 0 Å². The maximum Gasteiger partial charge on any atom is 0.269 e. The predicted octanol–water partition coefficient (Wildman–Crippen LogP) is 3.40. The third-order valence-electron chi connectivity index (χ3n) is 3.00. The number of hydrogen-bond acceptors (Lipinski definition) is 5. The number of rotatable bonds is 6. The van der Waals surface area contributed by atoms with Gasteiger partial charge in [0.15, 0.2) is 0 Å². The van der Waals surface area contributed by atoms with Crippen molar-refractivity contribution in [1.29, 1.82) is 0 Å². The zero-order valence-corrected chi connectivity index (χ0v) is 14.3. The number of nitro groups is 1. The summed E-state index contributed by atoms with van der Waals surface area (Å²) in [5, 5.41) is 16.0. The second kappa shape index (κ2) is 7.85. The Hall–Kier alpha value is -1.80. The number of furan rings is 1. The first-order valence-corrected chi connectivity index (χ1v) is 7.78. The Kier molecular flexibility index (Phi) is 6.06. The molecule has 1 heterocycles. The molecule has 0 radical (unpaired) electrons. The van der Waals surface area contributed by atoms with Crippen LogP contribution in [0.25, 0.3) is 0 Å². The average molecular weight is 393 g/mol. The van der Waals surface area contributed by atoms with Crippen molar-refractivity contribution in [3.8, 4) is 0 Å². The number of non-ortho nitro benzene ring substituents is 1. The smallest absolute Gasteiger partial charge is 0.269 e. The topological polar surface area (TPSA) is 97.4 Å². The van der Waals surface area contributed by atoms with Crippen LogP contribution in [-0.4, -0.2) is 20.8 Å². The molecule has 0 bridgehead atoms. The molecule has 24 heavy (non-hydrogen) atoms. The largest absolute Gasteiger partial charge is 0.468 e. The lowest BCUT2D eigenvalue weighted by Gasteiger charge is -2.26. The number of nitro benzene ring substituents is 1. The molecule has 128 valence electrons. The highest BCUT2D eigenvalue weighted by molar-refractivity contribution is 6.68. The van der Waals surface area contributed by atoms with Crippen molar-refractivity contribution in [3.63, 3.8) is 0 Å². The van der Waals surface area contributed by atoms with Crippen LogP contribution in [0.2, 0.25) is 0 Å². The molecule has 0 aliphatic rings. The van der Waals surface area contributed by atoms with Crippen molar-refractivity contribution in [1.82, 2.24) is 10.6 Å². The summed E-state index contributed by atoms with van der Waals surface area (Å²) in [5.41, 5.74) is 0.0695. The molecule has 0 saturated carbocycles. The van der Waals surface area contributed by atoms with Crippen molar-refractivity contribution in [3.05, 3.63) is 64.1 Å². The first-order valence-electron chi connectivity index (χ1n) is 6.65. The second-order valence-corrected chi connectivity index (χ2v) is 7.08. The maximum absolute atomic E-state index is 12.2. The summed E-state index contributed by atoms with van der Waals surface area (Å²) >= 11 is 17.6. The lowest BCUT2D eigenvalue weighted by atomic mass is 10.2. The first-order chi connectivity index (χ1) is 11.3. The van der Waals surface area contributed by atoms with Gasteiger partial charge in [0.25, 0.3) is 11.6 Å². The molecule has 2 N–H and O–H groups in total. The fourth-order valence-corrected chi connectivity index (χ4v) is 2.21. The second-order valence-electron chi connectivity index (χ2n) is 4.71. The maximum atomic E-state index is 12.2. The third-order valence-corrected chi connectivity index (χ3v) is 3.66. The number of nitrogens with zero attached hydrogens (tertiary/aromatic N) is 1. The van der Waals surface area contributed by atoms with Crippen LogP contribution in [0.15, 0.2) is 47.1 Å². The highest BCUT2D eigenvalue weighted by atomic mass is 35.6. The lowest BCUT2D eigenvalue weighted by molar-refractivity contribution is -0.384. The van der Waals surface area contributed by atoms with Crippen molar-refractivity contribution in [2.45, 2.75) is 16.5 Å². The van der Waals surface area contributed by atoms with Crippen molar-refractivity contribution >= 4 is 46.4 Å². The first kappa shape index (κ1) is 18.5. The monoisotopic (exact) mass is 391 g/mol. The van der Waals surface area contributed by atoms with E-state index in [4.69, 9.17) is 39.2 Å². The number of nitrogens with one attached hydrogen (secondary N) is 2. The van der Waals surface area contributed by atoms with Crippen LogP contribution < -0.4 is 10.6 Å². The highest BCUT2D eigenvalue weighted by Crippen LogP contribution is 2.29. The summed E-state index contributed by atoms with van der Waals surface area (Å²) in [6.07, 6.45) is 0.492. The van der Waals surface area contributed by atoms with E-state index in [0.717, 1.165) is 0 Å². The summed E-state index contributed by atoms with van der Waals surface area (Å²) in [5.74, 6) is 0.0482. The molecule has 1 amide bonds. The molecular formula is C14H12Cl3N3O4. The SMILES string of the molecule is O=C(N[C@@H](NCc1ccco1)C(Cl)(Cl)Cl)c1ccc([N+](=O)[O-])cc1. The number of amides is 1. The van der Waals surface area contributed by atoms with Gasteiger partial charge in [-0.05, 0) is 24.3 Å². The summed E-state index contributed by atoms with van der Waals surface area (Å²) < 4.78 is 3.34. The van der Waals surface area contributed by atoms with Crippen molar-refractivity contribution < 1.29 is 14.1 Å². The number of alkyl halides is 3. The van der Waals surface area contributed by atoms with Crippen LogP contribution in [0.4, 0.5) is 5.69 Å². The van der Waals surface area contributed by atoms with E-state index in [1.807, 2.05) is 0 Å². The van der Waals surface area contributed by atoms with Crippen LogP contribution in [0, 0.1) is 10.1 Å². The van der Waals surface area contributed by atoms with Gasteiger partial charge in [-0.2, -0.15) is 0 Å². The quantitative estimate of drug-likeness (QED) is 0.340. The molecule has 0 aliphatic heterocycles. The summed E-state index contributed by atoms with van der Waals surface area (Å²) in [7, 11) is 0. The Morgan fingerprint density at radius 2 is 1.92 bits per heavy atom. The normalized spacial score (nSPS) is 12.6. The molecule has 1 aromatic heterocycles. The summed E-state index contributed by atoms with van der Waals surface area (Å²) in [6, 6.07) is 8.49. The van der Waals surface area contributed by atoms with E-state index in [0.29, 0.717) is 5.76 Å². The molecular weight excluding hydrogens is 381 g/mol. The molecule has 10 heteroatoms. The van der Waals surface area contributed by atoms with Gasteiger partial charge in [0, 0.05) is 17.7 Å². The number of hydrogen-bond donors (Lipinski definition) is 2. The van der Waals surface area contributed by atoms with Gasteiger partial charge >= 0.3 is 0 Å². The van der Waals surface area contributed by atoms with Crippen LogP contribution in [-0.2, 0) is 6.54 Å². The minimum atomic E-state index is -1.82. The van der Waals surface area contributed by atoms with Gasteiger partial charge in [0.05, 0.1) is 17.7 Å². The summed E-state index contributed by atoms with van der Waals surface area (Å²) in [4.78, 5) is 22.3. The van der Waals surface area contributed by atoms with Gasteiger partial charge < -0.3 is 9.73 Å². The van der Waals surface area contributed by atoms with Crippen LogP contribution >= 0.6 is 34.8 Å². The van der Waals surface area contributed by atoms with Crippen molar-refractivity contribution in [2.75, 3.05) is 0 Å². The molecule has 7 nitrogen and oxygen atoms in total. The molecule has 1 atom stereocenters. The van der Waals surface area contributed by atoms with Crippen molar-refractivity contribution in [2.24, 2.45) is 0 Å². The summed E-state index contributed by atoms with van der Waals surface area (Å²) in [6.45, 7) is 0.228. The molecule has 2 aromatic rings. The van der Waals surface area contributed by atoms with Crippen LogP contribution in [0.5, 0.6) is 0 Å². The number of carbonyl (C=O) groups excluding carboxylic acids is 1. The molecule has 2 rings (SSSR count). The van der Waals surface area contributed by atoms with Crippen LogP contribution in [0.1, 0.15) is 16.1 Å². The third kappa shape index (κ3) is 5.10. The number of benzene rings is 1. The number of halogens is 3.